The molecule has 0 spiro atoms. The third-order valence-electron chi connectivity index (χ3n) is 3.91. The molecule has 3 nitrogen and oxygen atoms in total. The van der Waals surface area contributed by atoms with E-state index in [9.17, 15) is 0 Å². The van der Waals surface area contributed by atoms with Crippen LogP contribution in [0.15, 0.2) is 0 Å². The molecule has 1 rings (SSSR count). The van der Waals surface area contributed by atoms with E-state index in [4.69, 9.17) is 0 Å². The number of nitrogens with zero attached hydrogens (tertiary/aromatic N) is 2. The molecule has 0 amide bonds. The van der Waals surface area contributed by atoms with Crippen LogP contribution in [0.1, 0.15) is 40.0 Å². The highest BCUT2D eigenvalue weighted by atomic mass is 15.2. The number of hydrogen-bond donors (Lipinski definition) is 1. The Bertz CT molecular complexity index is 204. The molecule has 17 heavy (non-hydrogen) atoms. The number of rotatable bonds is 6. The molecule has 0 radical (unpaired) electrons. The first-order valence-electron chi connectivity index (χ1n) is 7.18. The van der Waals surface area contributed by atoms with Crippen LogP contribution in [0.2, 0.25) is 0 Å². The van der Waals surface area contributed by atoms with Gasteiger partial charge in [0.2, 0.25) is 0 Å². The molecule has 3 heteroatoms. The maximum atomic E-state index is 3.58. The van der Waals surface area contributed by atoms with Gasteiger partial charge in [-0.25, -0.2) is 0 Å². The van der Waals surface area contributed by atoms with E-state index >= 15 is 0 Å². The maximum absolute atomic E-state index is 3.58. The number of likely N-dealkylation sites (N-methyl/N-ethyl adjacent to an activating group) is 1. The fourth-order valence-corrected chi connectivity index (χ4v) is 2.64. The molecule has 0 aliphatic carbocycles. The first-order chi connectivity index (χ1) is 8.04. The Morgan fingerprint density at radius 3 is 2.59 bits per heavy atom. The topological polar surface area (TPSA) is 18.5 Å². The van der Waals surface area contributed by atoms with Gasteiger partial charge in [0.15, 0.2) is 0 Å². The first-order valence-corrected chi connectivity index (χ1v) is 7.18. The van der Waals surface area contributed by atoms with Crippen molar-refractivity contribution in [2.75, 3.05) is 33.7 Å². The van der Waals surface area contributed by atoms with Crippen LogP contribution in [0.3, 0.4) is 0 Å². The van der Waals surface area contributed by atoms with E-state index in [0.717, 1.165) is 12.6 Å². The molecule has 102 valence electrons. The first kappa shape index (κ1) is 14.9. The van der Waals surface area contributed by atoms with Gasteiger partial charge < -0.3 is 10.2 Å². The summed E-state index contributed by atoms with van der Waals surface area (Å²) < 4.78 is 0. The summed E-state index contributed by atoms with van der Waals surface area (Å²) in [6, 6.07) is 2.05. The lowest BCUT2D eigenvalue weighted by Gasteiger charge is -2.40. The van der Waals surface area contributed by atoms with Crippen LogP contribution in [0, 0.1) is 0 Å². The van der Waals surface area contributed by atoms with Crippen molar-refractivity contribution < 1.29 is 0 Å². The molecule has 0 bridgehead atoms. The van der Waals surface area contributed by atoms with Crippen LogP contribution < -0.4 is 5.32 Å². The van der Waals surface area contributed by atoms with Gasteiger partial charge in [-0.2, -0.15) is 0 Å². The van der Waals surface area contributed by atoms with Crippen molar-refractivity contribution in [3.05, 3.63) is 0 Å². The van der Waals surface area contributed by atoms with Gasteiger partial charge in [-0.05, 0) is 39.9 Å². The van der Waals surface area contributed by atoms with Crippen molar-refractivity contribution in [3.63, 3.8) is 0 Å². The van der Waals surface area contributed by atoms with Crippen LogP contribution >= 0.6 is 0 Å². The van der Waals surface area contributed by atoms with Gasteiger partial charge in [0, 0.05) is 31.2 Å². The Morgan fingerprint density at radius 2 is 2.06 bits per heavy atom. The predicted molar refractivity (Wildman–Crippen MR) is 75.5 cm³/mol. The van der Waals surface area contributed by atoms with E-state index in [1.54, 1.807) is 0 Å². The lowest BCUT2D eigenvalue weighted by atomic mass is 10.0. The Morgan fingerprint density at radius 1 is 1.35 bits per heavy atom. The van der Waals surface area contributed by atoms with E-state index in [1.807, 2.05) is 0 Å². The third kappa shape index (κ3) is 4.94. The quantitative estimate of drug-likeness (QED) is 0.765. The molecule has 0 aromatic carbocycles. The molecule has 1 heterocycles. The summed E-state index contributed by atoms with van der Waals surface area (Å²) in [5.41, 5.74) is 0. The van der Waals surface area contributed by atoms with Crippen LogP contribution in [0.25, 0.3) is 0 Å². The molecule has 2 atom stereocenters. The molecule has 1 saturated heterocycles. The van der Waals surface area contributed by atoms with Gasteiger partial charge >= 0.3 is 0 Å². The van der Waals surface area contributed by atoms with Crippen molar-refractivity contribution in [1.29, 1.82) is 0 Å². The molecular weight excluding hydrogens is 210 g/mol. The number of likely N-dealkylation sites (tertiary alicyclic amines) is 1. The van der Waals surface area contributed by atoms with Crippen molar-refractivity contribution in [2.45, 2.75) is 58.2 Å². The van der Waals surface area contributed by atoms with Crippen molar-refractivity contribution in [3.8, 4) is 0 Å². The van der Waals surface area contributed by atoms with Gasteiger partial charge in [-0.15, -0.1) is 0 Å². The highest BCUT2D eigenvalue weighted by Gasteiger charge is 2.25. The average molecular weight is 241 g/mol. The summed E-state index contributed by atoms with van der Waals surface area (Å²) in [6.45, 7) is 10.4. The minimum atomic E-state index is 0.596. The minimum Gasteiger partial charge on any atom is -0.313 e. The molecule has 0 aromatic heterocycles. The van der Waals surface area contributed by atoms with E-state index < -0.39 is 0 Å². The van der Waals surface area contributed by atoms with Crippen molar-refractivity contribution in [2.24, 2.45) is 0 Å². The number of piperidine rings is 1. The normalized spacial score (nSPS) is 24.5. The zero-order valence-corrected chi connectivity index (χ0v) is 12.4. The summed E-state index contributed by atoms with van der Waals surface area (Å²) in [5, 5.41) is 3.58. The third-order valence-corrected chi connectivity index (χ3v) is 3.91. The standard InChI is InChI=1S/C14H31N3/c1-6-13(10-15-12(2)3)17-9-7-8-14(11-17)16(4)5/h12-15H,6-11H2,1-5H3. The molecule has 0 saturated carbocycles. The van der Waals surface area contributed by atoms with Crippen molar-refractivity contribution >= 4 is 0 Å². The molecular formula is C14H31N3. The second-order valence-electron chi connectivity index (χ2n) is 5.88. The van der Waals surface area contributed by atoms with Crippen LogP contribution in [-0.2, 0) is 0 Å². The summed E-state index contributed by atoms with van der Waals surface area (Å²) in [4.78, 5) is 5.07. The lowest BCUT2D eigenvalue weighted by molar-refractivity contribution is 0.0922. The summed E-state index contributed by atoms with van der Waals surface area (Å²) in [6.07, 6.45) is 3.96. The second-order valence-corrected chi connectivity index (χ2v) is 5.88. The number of hydrogen-bond acceptors (Lipinski definition) is 3. The molecule has 1 fully saturated rings. The lowest BCUT2D eigenvalue weighted by Crippen LogP contribution is -2.52. The zero-order chi connectivity index (χ0) is 12.8. The fraction of sp³-hybridized carbons (Fsp3) is 1.00. The largest absolute Gasteiger partial charge is 0.313 e. The van der Waals surface area contributed by atoms with E-state index in [0.29, 0.717) is 12.1 Å². The summed E-state index contributed by atoms with van der Waals surface area (Å²) in [7, 11) is 4.42. The Hall–Kier alpha value is -0.120. The minimum absolute atomic E-state index is 0.596. The highest BCUT2D eigenvalue weighted by molar-refractivity contribution is 4.83. The molecule has 1 N–H and O–H groups in total. The van der Waals surface area contributed by atoms with Gasteiger partial charge in [-0.1, -0.05) is 20.8 Å². The number of nitrogens with one attached hydrogen (secondary N) is 1. The Labute approximate surface area is 108 Å². The molecule has 2 unspecified atom stereocenters. The van der Waals surface area contributed by atoms with Gasteiger partial charge in [0.1, 0.15) is 0 Å². The van der Waals surface area contributed by atoms with E-state index in [1.165, 1.54) is 32.4 Å². The van der Waals surface area contributed by atoms with Crippen molar-refractivity contribution in [1.82, 2.24) is 15.1 Å². The SMILES string of the molecule is CCC(CNC(C)C)N1CCCC(N(C)C)C1. The molecule has 1 aliphatic heterocycles. The second kappa shape index (κ2) is 7.34. The fourth-order valence-electron chi connectivity index (χ4n) is 2.64. The monoisotopic (exact) mass is 241 g/mol. The van der Waals surface area contributed by atoms with Crippen LogP contribution in [-0.4, -0.2) is 61.7 Å². The van der Waals surface area contributed by atoms with Crippen LogP contribution in [0.4, 0.5) is 0 Å². The summed E-state index contributed by atoms with van der Waals surface area (Å²) in [5.74, 6) is 0. The highest BCUT2D eigenvalue weighted by Crippen LogP contribution is 2.17. The van der Waals surface area contributed by atoms with Gasteiger partial charge in [0.25, 0.3) is 0 Å². The Kier molecular flexibility index (Phi) is 6.45. The maximum Gasteiger partial charge on any atom is 0.0218 e. The smallest absolute Gasteiger partial charge is 0.0218 e. The molecule has 0 aromatic rings. The molecule has 1 aliphatic rings. The van der Waals surface area contributed by atoms with E-state index in [2.05, 4.69) is 50.0 Å². The van der Waals surface area contributed by atoms with Gasteiger partial charge in [0.05, 0.1) is 0 Å². The zero-order valence-electron chi connectivity index (χ0n) is 12.4. The van der Waals surface area contributed by atoms with E-state index in [-0.39, 0.29) is 0 Å². The average Bonchev–Trinajstić information content (AvgIpc) is 2.30. The summed E-state index contributed by atoms with van der Waals surface area (Å²) >= 11 is 0. The Balaban J connectivity index is 2.44. The van der Waals surface area contributed by atoms with Gasteiger partial charge in [-0.3, -0.25) is 4.90 Å². The van der Waals surface area contributed by atoms with Crippen LogP contribution in [0.5, 0.6) is 0 Å². The predicted octanol–water partition coefficient (Wildman–Crippen LogP) is 1.79.